The fourth-order valence-corrected chi connectivity index (χ4v) is 2.94. The molecule has 2 aromatic carbocycles. The molecule has 5 nitrogen and oxygen atoms in total. The summed E-state index contributed by atoms with van der Waals surface area (Å²) in [5.74, 6) is 0.530. The van der Waals surface area contributed by atoms with E-state index in [1.165, 1.54) is 22.9 Å². The van der Waals surface area contributed by atoms with Crippen LogP contribution in [0.15, 0.2) is 56.6 Å². The second kappa shape index (κ2) is 7.84. The van der Waals surface area contributed by atoms with Crippen LogP contribution in [0.5, 0.6) is 0 Å². The molecule has 1 N–H and O–H groups in total. The van der Waals surface area contributed by atoms with Crippen LogP contribution in [0.1, 0.15) is 11.1 Å². The summed E-state index contributed by atoms with van der Waals surface area (Å²) in [5.41, 5.74) is 4.00. The van der Waals surface area contributed by atoms with Crippen molar-refractivity contribution in [2.45, 2.75) is 19.1 Å². The molecule has 0 fully saturated rings. The zero-order chi connectivity index (χ0) is 17.8. The normalized spacial score (nSPS) is 10.7. The molecule has 0 saturated carbocycles. The van der Waals surface area contributed by atoms with E-state index in [4.69, 9.17) is 4.42 Å². The topological polar surface area (TPSA) is 68.0 Å². The van der Waals surface area contributed by atoms with Gasteiger partial charge in [0, 0.05) is 15.7 Å². The van der Waals surface area contributed by atoms with Crippen LogP contribution in [0, 0.1) is 13.8 Å². The Morgan fingerprint density at radius 3 is 2.60 bits per heavy atom. The lowest BCUT2D eigenvalue weighted by molar-refractivity contribution is -0.113. The third kappa shape index (κ3) is 4.70. The van der Waals surface area contributed by atoms with Crippen LogP contribution >= 0.6 is 27.7 Å². The number of carbonyl (C=O) groups is 1. The summed E-state index contributed by atoms with van der Waals surface area (Å²) in [6, 6.07) is 13.4. The highest BCUT2D eigenvalue weighted by molar-refractivity contribution is 9.10. The Balaban J connectivity index is 1.58. The van der Waals surface area contributed by atoms with Crippen molar-refractivity contribution in [2.24, 2.45) is 0 Å². The van der Waals surface area contributed by atoms with Gasteiger partial charge in [0.05, 0.1) is 5.75 Å². The molecule has 7 heteroatoms. The van der Waals surface area contributed by atoms with Crippen molar-refractivity contribution in [1.82, 2.24) is 10.2 Å². The van der Waals surface area contributed by atoms with Gasteiger partial charge in [-0.05, 0) is 61.4 Å². The molecule has 0 aliphatic heterocycles. The van der Waals surface area contributed by atoms with Gasteiger partial charge in [0.15, 0.2) is 0 Å². The molecule has 0 radical (unpaired) electrons. The second-order valence-corrected chi connectivity index (χ2v) is 7.36. The number of aromatic nitrogens is 2. The van der Waals surface area contributed by atoms with Crippen molar-refractivity contribution >= 4 is 39.3 Å². The molecule has 0 atom stereocenters. The smallest absolute Gasteiger partial charge is 0.277 e. The Kier molecular flexibility index (Phi) is 5.55. The number of thioether (sulfide) groups is 1. The zero-order valence-corrected chi connectivity index (χ0v) is 16.1. The highest BCUT2D eigenvalue weighted by atomic mass is 79.9. The first kappa shape index (κ1) is 17.7. The van der Waals surface area contributed by atoms with Gasteiger partial charge < -0.3 is 9.73 Å². The van der Waals surface area contributed by atoms with Crippen LogP contribution in [0.4, 0.5) is 5.69 Å². The molecule has 3 aromatic rings. The summed E-state index contributed by atoms with van der Waals surface area (Å²) < 4.78 is 6.60. The molecule has 0 unspecified atom stereocenters. The molecule has 0 saturated heterocycles. The molecular formula is C18H16BrN3O2S. The predicted molar refractivity (Wildman–Crippen MR) is 103 cm³/mol. The highest BCUT2D eigenvalue weighted by Crippen LogP contribution is 2.25. The SMILES string of the molecule is Cc1ccc(-c2nnc(SCC(=O)Nc3ccc(Br)cc3)o2)cc1C. The molecule has 3 rings (SSSR count). The van der Waals surface area contributed by atoms with Crippen LogP contribution in [-0.4, -0.2) is 21.9 Å². The summed E-state index contributed by atoms with van der Waals surface area (Å²) in [7, 11) is 0. The van der Waals surface area contributed by atoms with Gasteiger partial charge in [-0.2, -0.15) is 0 Å². The third-order valence-electron chi connectivity index (χ3n) is 3.62. The summed E-state index contributed by atoms with van der Waals surface area (Å²) in [5, 5.41) is 11.2. The number of nitrogens with one attached hydrogen (secondary N) is 1. The van der Waals surface area contributed by atoms with Crippen molar-refractivity contribution < 1.29 is 9.21 Å². The molecule has 0 aliphatic carbocycles. The maximum atomic E-state index is 12.0. The monoisotopic (exact) mass is 417 g/mol. The van der Waals surface area contributed by atoms with Crippen molar-refractivity contribution in [2.75, 3.05) is 11.1 Å². The Morgan fingerprint density at radius 1 is 1.12 bits per heavy atom. The Labute approximate surface area is 158 Å². The van der Waals surface area contributed by atoms with Crippen molar-refractivity contribution in [3.05, 3.63) is 58.1 Å². The number of carbonyl (C=O) groups excluding carboxylic acids is 1. The van der Waals surface area contributed by atoms with E-state index in [1.54, 1.807) is 0 Å². The lowest BCUT2D eigenvalue weighted by Gasteiger charge is -2.03. The van der Waals surface area contributed by atoms with E-state index in [0.29, 0.717) is 11.1 Å². The van der Waals surface area contributed by atoms with Gasteiger partial charge in [-0.3, -0.25) is 4.79 Å². The minimum Gasteiger partial charge on any atom is -0.411 e. The standard InChI is InChI=1S/C18H16BrN3O2S/c1-11-3-4-13(9-12(11)2)17-21-22-18(24-17)25-10-16(23)20-15-7-5-14(19)6-8-15/h3-9H,10H2,1-2H3,(H,20,23). The van der Waals surface area contributed by atoms with Crippen LogP contribution in [-0.2, 0) is 4.79 Å². The molecule has 1 aromatic heterocycles. The van der Waals surface area contributed by atoms with E-state index in [1.807, 2.05) is 49.4 Å². The van der Waals surface area contributed by atoms with E-state index in [9.17, 15) is 4.79 Å². The van der Waals surface area contributed by atoms with Gasteiger partial charge in [-0.15, -0.1) is 10.2 Å². The van der Waals surface area contributed by atoms with Gasteiger partial charge in [-0.1, -0.05) is 33.8 Å². The molecule has 25 heavy (non-hydrogen) atoms. The first-order valence-corrected chi connectivity index (χ1v) is 9.38. The Morgan fingerprint density at radius 2 is 1.88 bits per heavy atom. The van der Waals surface area contributed by atoms with Crippen molar-refractivity contribution in [3.8, 4) is 11.5 Å². The van der Waals surface area contributed by atoms with Gasteiger partial charge in [0.25, 0.3) is 5.22 Å². The Hall–Kier alpha value is -2.12. The van der Waals surface area contributed by atoms with E-state index in [-0.39, 0.29) is 11.7 Å². The van der Waals surface area contributed by atoms with E-state index < -0.39 is 0 Å². The quantitative estimate of drug-likeness (QED) is 0.601. The number of hydrogen-bond acceptors (Lipinski definition) is 5. The number of rotatable bonds is 5. The van der Waals surface area contributed by atoms with E-state index in [0.717, 1.165) is 15.7 Å². The predicted octanol–water partition coefficient (Wildman–Crippen LogP) is 4.85. The lowest BCUT2D eigenvalue weighted by atomic mass is 10.1. The van der Waals surface area contributed by atoms with Crippen molar-refractivity contribution in [1.29, 1.82) is 0 Å². The first-order chi connectivity index (χ1) is 12.0. The van der Waals surface area contributed by atoms with Gasteiger partial charge in [0.1, 0.15) is 0 Å². The van der Waals surface area contributed by atoms with Crippen LogP contribution in [0.3, 0.4) is 0 Å². The van der Waals surface area contributed by atoms with Gasteiger partial charge in [0.2, 0.25) is 11.8 Å². The van der Waals surface area contributed by atoms with Crippen LogP contribution < -0.4 is 5.32 Å². The van der Waals surface area contributed by atoms with E-state index in [2.05, 4.69) is 38.4 Å². The summed E-state index contributed by atoms with van der Waals surface area (Å²) in [4.78, 5) is 12.0. The minimum absolute atomic E-state index is 0.127. The van der Waals surface area contributed by atoms with Crippen LogP contribution in [0.2, 0.25) is 0 Å². The fraction of sp³-hybridized carbons (Fsp3) is 0.167. The fourth-order valence-electron chi connectivity index (χ4n) is 2.12. The molecular weight excluding hydrogens is 402 g/mol. The summed E-state index contributed by atoms with van der Waals surface area (Å²) in [6.45, 7) is 4.09. The lowest BCUT2D eigenvalue weighted by Crippen LogP contribution is -2.13. The molecule has 0 bridgehead atoms. The number of benzene rings is 2. The molecule has 1 heterocycles. The van der Waals surface area contributed by atoms with Crippen LogP contribution in [0.25, 0.3) is 11.5 Å². The minimum atomic E-state index is -0.127. The first-order valence-electron chi connectivity index (χ1n) is 7.60. The average molecular weight is 418 g/mol. The summed E-state index contributed by atoms with van der Waals surface area (Å²) >= 11 is 4.57. The number of nitrogens with zero attached hydrogens (tertiary/aromatic N) is 2. The Bertz CT molecular complexity index is 894. The van der Waals surface area contributed by atoms with E-state index >= 15 is 0 Å². The zero-order valence-electron chi connectivity index (χ0n) is 13.7. The largest absolute Gasteiger partial charge is 0.411 e. The number of anilines is 1. The summed E-state index contributed by atoms with van der Waals surface area (Å²) in [6.07, 6.45) is 0. The number of hydrogen-bond donors (Lipinski definition) is 1. The van der Waals surface area contributed by atoms with Crippen molar-refractivity contribution in [3.63, 3.8) is 0 Å². The third-order valence-corrected chi connectivity index (χ3v) is 4.96. The maximum Gasteiger partial charge on any atom is 0.277 e. The maximum absolute atomic E-state index is 12.0. The van der Waals surface area contributed by atoms with Gasteiger partial charge >= 0.3 is 0 Å². The highest BCUT2D eigenvalue weighted by Gasteiger charge is 2.12. The molecule has 0 aliphatic rings. The number of amides is 1. The number of aryl methyl sites for hydroxylation is 2. The van der Waals surface area contributed by atoms with Gasteiger partial charge in [-0.25, -0.2) is 0 Å². The average Bonchev–Trinajstić information content (AvgIpc) is 3.07. The molecule has 0 spiro atoms. The molecule has 128 valence electrons. The number of halogens is 1. The molecule has 1 amide bonds. The second-order valence-electron chi connectivity index (χ2n) is 5.52.